The molecular formula is C30H26N4O8. The highest BCUT2D eigenvalue weighted by atomic mass is 16.6. The molecule has 3 aromatic carbocycles. The molecule has 0 unspecified atom stereocenters. The average molecular weight is 571 g/mol. The fraction of sp³-hybridized carbons (Fsp3) is 0.200. The van der Waals surface area contributed by atoms with Gasteiger partial charge in [-0.05, 0) is 51.1 Å². The van der Waals surface area contributed by atoms with Crippen LogP contribution in [0.5, 0.6) is 11.5 Å². The van der Waals surface area contributed by atoms with E-state index in [4.69, 9.17) is 18.6 Å². The van der Waals surface area contributed by atoms with Crippen molar-refractivity contribution in [3.05, 3.63) is 92.8 Å². The van der Waals surface area contributed by atoms with Gasteiger partial charge in [-0.3, -0.25) is 14.9 Å². The third kappa shape index (κ3) is 5.55. The molecule has 0 radical (unpaired) electrons. The molecule has 0 saturated carbocycles. The van der Waals surface area contributed by atoms with Gasteiger partial charge in [0.15, 0.2) is 17.6 Å². The minimum atomic E-state index is -1.13. The van der Waals surface area contributed by atoms with E-state index in [0.29, 0.717) is 22.2 Å². The lowest BCUT2D eigenvalue weighted by molar-refractivity contribution is -0.386. The Balaban J connectivity index is 1.63. The summed E-state index contributed by atoms with van der Waals surface area (Å²) in [7, 11) is 0. The van der Waals surface area contributed by atoms with Crippen LogP contribution in [0.4, 0.5) is 5.69 Å². The topological polar surface area (TPSA) is 148 Å². The predicted octanol–water partition coefficient (Wildman–Crippen LogP) is 5.33. The second-order valence-electron chi connectivity index (χ2n) is 9.03. The maximum Gasteiger partial charge on any atom is 0.347 e. The molecule has 0 N–H and O–H groups in total. The maximum atomic E-state index is 13.6. The lowest BCUT2D eigenvalue weighted by Crippen LogP contribution is -2.26. The first-order valence-electron chi connectivity index (χ1n) is 13.1. The van der Waals surface area contributed by atoms with E-state index in [2.05, 4.69) is 10.1 Å². The van der Waals surface area contributed by atoms with Crippen molar-refractivity contribution in [2.75, 3.05) is 13.2 Å². The summed E-state index contributed by atoms with van der Waals surface area (Å²) in [6, 6.07) is 18.6. The minimum Gasteiger partial charge on any atom is -0.490 e. The van der Waals surface area contributed by atoms with Crippen molar-refractivity contribution in [3.8, 4) is 23.1 Å². The number of nitrogens with zero attached hydrogens (tertiary/aromatic N) is 4. The number of aromatic nitrogens is 2. The first-order valence-corrected chi connectivity index (χ1v) is 13.1. The predicted molar refractivity (Wildman–Crippen MR) is 155 cm³/mol. The van der Waals surface area contributed by atoms with Crippen molar-refractivity contribution in [1.29, 1.82) is 0 Å². The second-order valence-corrected chi connectivity index (χ2v) is 9.03. The fourth-order valence-electron chi connectivity index (χ4n) is 4.29. The van der Waals surface area contributed by atoms with Gasteiger partial charge >= 0.3 is 11.7 Å². The number of nitro benzene ring substituents is 1. The molecule has 42 heavy (non-hydrogen) atoms. The number of nitro groups is 1. The number of carbonyl (C=O) groups is 1. The van der Waals surface area contributed by atoms with Crippen molar-refractivity contribution >= 4 is 39.7 Å². The molecule has 1 atom stereocenters. The van der Waals surface area contributed by atoms with Crippen LogP contribution in [-0.2, 0) is 9.53 Å². The summed E-state index contributed by atoms with van der Waals surface area (Å²) in [4.78, 5) is 41.7. The normalized spacial score (nSPS) is 12.1. The Bertz CT molecular complexity index is 1860. The molecular weight excluding hydrogens is 544 g/mol. The molecule has 12 nitrogen and oxygen atoms in total. The summed E-state index contributed by atoms with van der Waals surface area (Å²) in [5, 5.41) is 17.6. The lowest BCUT2D eigenvalue weighted by Gasteiger charge is -2.17. The van der Waals surface area contributed by atoms with E-state index in [1.165, 1.54) is 25.3 Å². The zero-order valence-electron chi connectivity index (χ0n) is 23.0. The number of benzene rings is 3. The zero-order chi connectivity index (χ0) is 29.8. The molecule has 2 aromatic heterocycles. The van der Waals surface area contributed by atoms with Gasteiger partial charge in [-0.2, -0.15) is 9.78 Å². The molecule has 12 heteroatoms. The molecule has 0 amide bonds. The molecule has 0 bridgehead atoms. The number of hydrogen-bond donors (Lipinski definition) is 0. The number of fused-ring (bicyclic) bond motifs is 2. The van der Waals surface area contributed by atoms with E-state index in [1.54, 1.807) is 50.2 Å². The average Bonchev–Trinajstić information content (AvgIpc) is 3.42. The monoisotopic (exact) mass is 570 g/mol. The van der Waals surface area contributed by atoms with Gasteiger partial charge in [0.25, 0.3) is 5.56 Å². The highest BCUT2D eigenvalue weighted by molar-refractivity contribution is 5.86. The van der Waals surface area contributed by atoms with Crippen LogP contribution in [0, 0.1) is 10.1 Å². The zero-order valence-corrected chi connectivity index (χ0v) is 23.0. The van der Waals surface area contributed by atoms with Gasteiger partial charge in [-0.1, -0.05) is 30.3 Å². The maximum absolute atomic E-state index is 13.6. The van der Waals surface area contributed by atoms with E-state index in [1.807, 2.05) is 18.2 Å². The molecule has 214 valence electrons. The quantitative estimate of drug-likeness (QED) is 0.0940. The molecule has 0 fully saturated rings. The third-order valence-corrected chi connectivity index (χ3v) is 6.19. The standard InChI is InChI=1S/C30H26N4O8/c1-4-39-25-15-19(14-23(34(37)38)27(25)41-18(3)30(36)40-5-2)17-31-33-28(26-16-20-10-6-9-13-24(20)42-26)32-22-12-8-7-11-21(22)29(33)35/h6-18H,4-5H2,1-3H3/t18-/m0/s1. The van der Waals surface area contributed by atoms with Crippen LogP contribution in [-0.4, -0.2) is 46.1 Å². The van der Waals surface area contributed by atoms with Crippen molar-refractivity contribution in [1.82, 2.24) is 9.66 Å². The minimum absolute atomic E-state index is 0.0192. The van der Waals surface area contributed by atoms with Gasteiger partial charge in [0.05, 0.1) is 35.3 Å². The Morgan fingerprint density at radius 2 is 1.88 bits per heavy atom. The summed E-state index contributed by atoms with van der Waals surface area (Å²) < 4.78 is 23.3. The van der Waals surface area contributed by atoms with Gasteiger partial charge in [0, 0.05) is 17.0 Å². The Hall–Kier alpha value is -5.52. The number of ether oxygens (including phenoxy) is 3. The van der Waals surface area contributed by atoms with Gasteiger partial charge in [0.2, 0.25) is 11.6 Å². The van der Waals surface area contributed by atoms with E-state index < -0.39 is 28.2 Å². The van der Waals surface area contributed by atoms with Crippen LogP contribution in [0.15, 0.2) is 81.0 Å². The largest absolute Gasteiger partial charge is 0.490 e. The molecule has 0 aliphatic rings. The van der Waals surface area contributed by atoms with Crippen LogP contribution in [0.3, 0.4) is 0 Å². The number of esters is 1. The number of furan rings is 1. The molecule has 0 saturated heterocycles. The highest BCUT2D eigenvalue weighted by Gasteiger charge is 2.27. The van der Waals surface area contributed by atoms with Crippen LogP contribution >= 0.6 is 0 Å². The molecule has 5 aromatic rings. The van der Waals surface area contributed by atoms with Gasteiger partial charge < -0.3 is 18.6 Å². The third-order valence-electron chi connectivity index (χ3n) is 6.19. The van der Waals surface area contributed by atoms with Gasteiger partial charge in [-0.15, -0.1) is 0 Å². The van der Waals surface area contributed by atoms with Crippen molar-refractivity contribution < 1.29 is 28.3 Å². The first kappa shape index (κ1) is 28.0. The molecule has 5 rings (SSSR count). The van der Waals surface area contributed by atoms with Gasteiger partial charge in [0.1, 0.15) is 5.58 Å². The molecule has 2 heterocycles. The summed E-state index contributed by atoms with van der Waals surface area (Å²) in [5.41, 5.74) is 0.373. The SMILES string of the molecule is CCOC(=O)[C@H](C)Oc1c(OCC)cc(C=Nn2c(-c3cc4ccccc4o3)nc3ccccc3c2=O)cc1[N+](=O)[O-]. The number of rotatable bonds is 10. The van der Waals surface area contributed by atoms with E-state index >= 15 is 0 Å². The van der Waals surface area contributed by atoms with Crippen LogP contribution < -0.4 is 15.0 Å². The van der Waals surface area contributed by atoms with Gasteiger partial charge in [-0.25, -0.2) is 9.78 Å². The smallest absolute Gasteiger partial charge is 0.347 e. The highest BCUT2D eigenvalue weighted by Crippen LogP contribution is 2.39. The van der Waals surface area contributed by atoms with E-state index in [-0.39, 0.29) is 36.1 Å². The summed E-state index contributed by atoms with van der Waals surface area (Å²) >= 11 is 0. The fourth-order valence-corrected chi connectivity index (χ4v) is 4.29. The molecule has 0 spiro atoms. The second kappa shape index (κ2) is 11.9. The van der Waals surface area contributed by atoms with Crippen LogP contribution in [0.2, 0.25) is 0 Å². The Labute approximate surface area is 238 Å². The number of para-hydroxylation sites is 2. The Kier molecular flexibility index (Phi) is 7.96. The van der Waals surface area contributed by atoms with E-state index in [0.717, 1.165) is 10.1 Å². The number of hydrogen-bond acceptors (Lipinski definition) is 10. The van der Waals surface area contributed by atoms with Crippen LogP contribution in [0.1, 0.15) is 26.3 Å². The molecule has 0 aliphatic carbocycles. The first-order chi connectivity index (χ1) is 20.3. The van der Waals surface area contributed by atoms with E-state index in [9.17, 15) is 19.7 Å². The summed E-state index contributed by atoms with van der Waals surface area (Å²) in [5.74, 6) is -0.429. The lowest BCUT2D eigenvalue weighted by atomic mass is 10.1. The Morgan fingerprint density at radius 1 is 1.12 bits per heavy atom. The Morgan fingerprint density at radius 3 is 2.62 bits per heavy atom. The van der Waals surface area contributed by atoms with Crippen molar-refractivity contribution in [2.45, 2.75) is 26.9 Å². The summed E-state index contributed by atoms with van der Waals surface area (Å²) in [6.45, 7) is 5.05. The number of carbonyl (C=O) groups excluding carboxylic acids is 1. The van der Waals surface area contributed by atoms with Crippen molar-refractivity contribution in [2.24, 2.45) is 5.10 Å². The summed E-state index contributed by atoms with van der Waals surface area (Å²) in [6.07, 6.45) is 0.147. The molecule has 0 aliphatic heterocycles. The van der Waals surface area contributed by atoms with Crippen molar-refractivity contribution in [3.63, 3.8) is 0 Å². The van der Waals surface area contributed by atoms with Crippen LogP contribution in [0.25, 0.3) is 33.5 Å².